The van der Waals surface area contributed by atoms with Gasteiger partial charge in [0.1, 0.15) is 0 Å². The lowest BCUT2D eigenvalue weighted by atomic mass is 9.83. The fourth-order valence-corrected chi connectivity index (χ4v) is 13.4. The number of aryl methyl sites for hydroxylation is 4. The van der Waals surface area contributed by atoms with Crippen LogP contribution in [0.2, 0.25) is 0 Å². The molecule has 0 aliphatic heterocycles. The summed E-state index contributed by atoms with van der Waals surface area (Å²) in [6, 6.07) is 57.8. The van der Waals surface area contributed by atoms with Gasteiger partial charge in [0.25, 0.3) is 0 Å². The van der Waals surface area contributed by atoms with Crippen molar-refractivity contribution in [1.82, 2.24) is 0 Å². The Hall–Kier alpha value is -6.64. The van der Waals surface area contributed by atoms with E-state index >= 15 is 0 Å². The molecule has 12 rings (SSSR count). The molecule has 0 bridgehead atoms. The van der Waals surface area contributed by atoms with Crippen molar-refractivity contribution in [3.63, 3.8) is 0 Å². The first-order chi connectivity index (χ1) is 35.0. The average Bonchev–Trinajstić information content (AvgIpc) is 3.40. The molecule has 2 aliphatic carbocycles. The van der Waals surface area contributed by atoms with Crippen LogP contribution in [0.25, 0.3) is 53.9 Å². The van der Waals surface area contributed by atoms with Crippen LogP contribution in [0.4, 0.5) is 34.1 Å². The molecule has 0 N–H and O–H groups in total. The van der Waals surface area contributed by atoms with Crippen LogP contribution in [0.3, 0.4) is 0 Å². The summed E-state index contributed by atoms with van der Waals surface area (Å²) in [6.45, 7) is 18.7. The topological polar surface area (TPSA) is 6.48 Å². The maximum Gasteiger partial charge on any atom is 0.0569 e. The molecular weight excluding hydrogens is 869 g/mol. The molecule has 2 fully saturated rings. The maximum absolute atomic E-state index is 2.64. The third-order valence-electron chi connectivity index (χ3n) is 17.2. The van der Waals surface area contributed by atoms with E-state index in [1.165, 1.54) is 197 Å². The predicted molar refractivity (Wildman–Crippen MR) is 313 cm³/mol. The molecule has 0 unspecified atom stereocenters. The van der Waals surface area contributed by atoms with Crippen LogP contribution in [0.1, 0.15) is 160 Å². The van der Waals surface area contributed by atoms with Gasteiger partial charge < -0.3 is 9.80 Å². The molecule has 72 heavy (non-hydrogen) atoms. The van der Waals surface area contributed by atoms with E-state index in [1.54, 1.807) is 0 Å². The lowest BCUT2D eigenvalue weighted by Gasteiger charge is -2.33. The third-order valence-corrected chi connectivity index (χ3v) is 17.2. The largest absolute Gasteiger partial charge is 0.309 e. The molecular formula is C70H72N2. The van der Waals surface area contributed by atoms with Crippen molar-refractivity contribution in [2.24, 2.45) is 0 Å². The maximum atomic E-state index is 2.64. The SMILES string of the molecule is Cc1ccc2ccc(C)c(N(c3ccc(C4CCCCC4)cc3)c3cc(C(C)C)c4ccc5c(N(c6ccc(C7CCCCC7)cc6)c6c(C)ccc7ccc(C)cc67)cc(C(C)C)c6ccc3c4c65)c2c1. The molecule has 10 aromatic carbocycles. The summed E-state index contributed by atoms with van der Waals surface area (Å²) >= 11 is 0. The first-order valence-electron chi connectivity index (χ1n) is 27.6. The van der Waals surface area contributed by atoms with Gasteiger partial charge in [-0.25, -0.2) is 0 Å². The van der Waals surface area contributed by atoms with Gasteiger partial charge in [-0.1, -0.05) is 174 Å². The molecule has 0 heterocycles. The van der Waals surface area contributed by atoms with E-state index in [0.717, 1.165) is 0 Å². The highest BCUT2D eigenvalue weighted by atomic mass is 15.2. The van der Waals surface area contributed by atoms with Gasteiger partial charge in [0, 0.05) is 32.9 Å². The Morgan fingerprint density at radius 2 is 0.722 bits per heavy atom. The predicted octanol–water partition coefficient (Wildman–Crippen LogP) is 21.4. The second kappa shape index (κ2) is 18.8. The molecule has 0 radical (unpaired) electrons. The molecule has 2 heteroatoms. The summed E-state index contributed by atoms with van der Waals surface area (Å²) in [6.07, 6.45) is 13.2. The number of anilines is 6. The Morgan fingerprint density at radius 3 is 1.10 bits per heavy atom. The van der Waals surface area contributed by atoms with Crippen LogP contribution in [0.5, 0.6) is 0 Å². The molecule has 2 nitrogen and oxygen atoms in total. The van der Waals surface area contributed by atoms with Crippen LogP contribution in [0, 0.1) is 27.7 Å². The van der Waals surface area contributed by atoms with Crippen LogP contribution in [-0.2, 0) is 0 Å². The van der Waals surface area contributed by atoms with Crippen molar-refractivity contribution >= 4 is 88.0 Å². The average molecular weight is 941 g/mol. The van der Waals surface area contributed by atoms with Crippen LogP contribution in [0.15, 0.2) is 146 Å². The van der Waals surface area contributed by atoms with Crippen LogP contribution < -0.4 is 9.80 Å². The van der Waals surface area contributed by atoms with Crippen molar-refractivity contribution in [2.45, 2.75) is 143 Å². The quantitative estimate of drug-likeness (QED) is 0.126. The number of benzene rings is 10. The summed E-state index contributed by atoms with van der Waals surface area (Å²) < 4.78 is 0. The van der Waals surface area contributed by atoms with Crippen molar-refractivity contribution in [1.29, 1.82) is 0 Å². The lowest BCUT2D eigenvalue weighted by Crippen LogP contribution is -2.15. The summed E-state index contributed by atoms with van der Waals surface area (Å²) in [5.74, 6) is 1.88. The van der Waals surface area contributed by atoms with E-state index in [1.807, 2.05) is 0 Å². The second-order valence-corrected chi connectivity index (χ2v) is 22.8. The van der Waals surface area contributed by atoms with Crippen molar-refractivity contribution in [2.75, 3.05) is 9.80 Å². The number of nitrogens with zero attached hydrogens (tertiary/aromatic N) is 2. The molecule has 0 aromatic heterocycles. The van der Waals surface area contributed by atoms with E-state index < -0.39 is 0 Å². The summed E-state index contributed by atoms with van der Waals surface area (Å²) in [4.78, 5) is 5.29. The van der Waals surface area contributed by atoms with Gasteiger partial charge in [0.2, 0.25) is 0 Å². The number of hydrogen-bond acceptors (Lipinski definition) is 2. The third kappa shape index (κ3) is 8.01. The zero-order valence-corrected chi connectivity index (χ0v) is 44.1. The van der Waals surface area contributed by atoms with Crippen molar-refractivity contribution in [3.05, 3.63) is 190 Å². The fraction of sp³-hybridized carbons (Fsp3) is 0.314. The Balaban J connectivity index is 1.17. The summed E-state index contributed by atoms with van der Waals surface area (Å²) in [5.41, 5.74) is 18.3. The monoisotopic (exact) mass is 941 g/mol. The van der Waals surface area contributed by atoms with Gasteiger partial charge in [-0.15, -0.1) is 0 Å². The Morgan fingerprint density at radius 1 is 0.361 bits per heavy atom. The molecule has 0 spiro atoms. The van der Waals surface area contributed by atoms with Gasteiger partial charge in [-0.2, -0.15) is 0 Å². The second-order valence-electron chi connectivity index (χ2n) is 22.8. The van der Waals surface area contributed by atoms with E-state index in [4.69, 9.17) is 0 Å². The van der Waals surface area contributed by atoms with Gasteiger partial charge in [-0.3, -0.25) is 0 Å². The van der Waals surface area contributed by atoms with E-state index in [0.29, 0.717) is 23.7 Å². The smallest absolute Gasteiger partial charge is 0.0569 e. The zero-order chi connectivity index (χ0) is 49.4. The van der Waals surface area contributed by atoms with Gasteiger partial charge >= 0.3 is 0 Å². The molecule has 0 amide bonds. The van der Waals surface area contributed by atoms with Gasteiger partial charge in [-0.05, 0) is 191 Å². The standard InChI is InChI=1S/C70H72N2/c1-43(2)61-41-65(71(55-31-27-51(28-32-55)49-15-11-9-12-16-49)69-47(7)21-25-53-23-19-45(5)39-63(53)69)59-38-36-58-62(44(3)4)42-66(60-37-35-57(61)67(59)68(58)60)72(56-33-29-52(30-34-56)50-17-13-10-14-18-50)70-48(8)22-26-54-24-20-46(6)40-64(54)70/h19-44,49-50H,9-18H2,1-8H3. The number of fused-ring (bicyclic) bond motifs is 2. The van der Waals surface area contributed by atoms with Gasteiger partial charge in [0.15, 0.2) is 0 Å². The molecule has 362 valence electrons. The van der Waals surface area contributed by atoms with E-state index in [9.17, 15) is 0 Å². The molecule has 0 saturated heterocycles. The molecule has 10 aromatic rings. The zero-order valence-electron chi connectivity index (χ0n) is 44.1. The molecule has 2 saturated carbocycles. The minimum atomic E-state index is 0.296. The number of rotatable bonds is 10. The normalized spacial score (nSPS) is 15.1. The van der Waals surface area contributed by atoms with E-state index in [2.05, 4.69) is 211 Å². The number of hydrogen-bond donors (Lipinski definition) is 0. The highest BCUT2D eigenvalue weighted by Gasteiger charge is 2.29. The van der Waals surface area contributed by atoms with E-state index in [-0.39, 0.29) is 0 Å². The molecule has 2 aliphatic rings. The molecule has 0 atom stereocenters. The highest BCUT2D eigenvalue weighted by Crippen LogP contribution is 2.53. The van der Waals surface area contributed by atoms with Gasteiger partial charge in [0.05, 0.1) is 22.7 Å². The Labute approximate surface area is 429 Å². The summed E-state index contributed by atoms with van der Waals surface area (Å²) in [5, 5.41) is 13.1. The fourth-order valence-electron chi connectivity index (χ4n) is 13.4. The van der Waals surface area contributed by atoms with Crippen LogP contribution in [-0.4, -0.2) is 0 Å². The minimum Gasteiger partial charge on any atom is -0.309 e. The first-order valence-corrected chi connectivity index (χ1v) is 27.6. The first kappa shape index (κ1) is 46.4. The van der Waals surface area contributed by atoms with Crippen molar-refractivity contribution in [3.8, 4) is 0 Å². The van der Waals surface area contributed by atoms with Crippen LogP contribution >= 0.6 is 0 Å². The summed E-state index contributed by atoms with van der Waals surface area (Å²) in [7, 11) is 0. The Kier molecular flexibility index (Phi) is 12.1. The van der Waals surface area contributed by atoms with Crippen molar-refractivity contribution < 1.29 is 0 Å². The minimum absolute atomic E-state index is 0.296. The Bertz CT molecular complexity index is 3380. The highest BCUT2D eigenvalue weighted by molar-refractivity contribution is 6.30. The lowest BCUT2D eigenvalue weighted by molar-refractivity contribution is 0.443.